The Kier molecular flexibility index (Phi) is 5.89. The van der Waals surface area contributed by atoms with E-state index in [1.807, 2.05) is 26.0 Å². The van der Waals surface area contributed by atoms with E-state index in [2.05, 4.69) is 10.3 Å². The molecule has 1 aliphatic heterocycles. The van der Waals surface area contributed by atoms with Crippen LogP contribution in [0.4, 0.5) is 14.5 Å². The molecule has 2 heterocycles. The minimum absolute atomic E-state index is 0.0708. The molecule has 1 aromatic heterocycles. The van der Waals surface area contributed by atoms with Crippen molar-refractivity contribution in [2.45, 2.75) is 26.3 Å². The zero-order chi connectivity index (χ0) is 23.0. The number of benzene rings is 2. The molecule has 1 atom stereocenters. The van der Waals surface area contributed by atoms with Crippen LogP contribution in [0.5, 0.6) is 0 Å². The number of nitrogens with zero attached hydrogens (tertiary/aromatic N) is 3. The topological polar surface area (TPSA) is 84.3 Å². The Labute approximate surface area is 185 Å². The Bertz CT molecular complexity index is 1270. The Balaban J connectivity index is 1.47. The van der Waals surface area contributed by atoms with Crippen molar-refractivity contribution in [3.05, 3.63) is 59.9 Å². The molecule has 1 N–H and O–H groups in total. The van der Waals surface area contributed by atoms with Gasteiger partial charge in [0, 0.05) is 25.2 Å². The van der Waals surface area contributed by atoms with Gasteiger partial charge in [-0.15, -0.1) is 0 Å². The van der Waals surface area contributed by atoms with E-state index in [0.29, 0.717) is 24.2 Å². The van der Waals surface area contributed by atoms with Crippen LogP contribution in [-0.4, -0.2) is 42.7 Å². The van der Waals surface area contributed by atoms with Crippen LogP contribution in [0.15, 0.2) is 42.7 Å². The molecular weight excluding hydrogens is 438 g/mol. The van der Waals surface area contributed by atoms with E-state index in [1.165, 1.54) is 15.2 Å². The Morgan fingerprint density at radius 2 is 1.91 bits per heavy atom. The monoisotopic (exact) mass is 462 g/mol. The Hall–Kier alpha value is -3.01. The van der Waals surface area contributed by atoms with Gasteiger partial charge in [-0.2, -0.15) is 0 Å². The van der Waals surface area contributed by atoms with Crippen LogP contribution in [0.2, 0.25) is 0 Å². The molecule has 3 aromatic rings. The number of hydrogen-bond donors (Lipinski definition) is 1. The molecule has 0 radical (unpaired) electrons. The van der Waals surface area contributed by atoms with E-state index in [0.717, 1.165) is 17.7 Å². The molecule has 0 saturated carbocycles. The number of aromatic nitrogens is 2. The maximum atomic E-state index is 13.8. The maximum absolute atomic E-state index is 13.8. The van der Waals surface area contributed by atoms with Crippen LogP contribution < -0.4 is 9.62 Å². The van der Waals surface area contributed by atoms with Gasteiger partial charge < -0.3 is 9.88 Å². The molecule has 0 saturated heterocycles. The number of halogens is 2. The number of sulfonamides is 1. The lowest BCUT2D eigenvalue weighted by Gasteiger charge is -2.23. The molecule has 1 unspecified atom stereocenters. The second-order valence-corrected chi connectivity index (χ2v) is 10.2. The first-order valence-corrected chi connectivity index (χ1v) is 12.0. The Morgan fingerprint density at radius 1 is 1.19 bits per heavy atom. The lowest BCUT2D eigenvalue weighted by atomic mass is 10.0. The molecule has 32 heavy (non-hydrogen) atoms. The first kappa shape index (κ1) is 22.2. The summed E-state index contributed by atoms with van der Waals surface area (Å²) in [7, 11) is -3.61. The fourth-order valence-electron chi connectivity index (χ4n) is 4.11. The third-order valence-electron chi connectivity index (χ3n) is 5.66. The van der Waals surface area contributed by atoms with E-state index in [1.54, 1.807) is 12.1 Å². The number of hydrogen-bond acceptors (Lipinski definition) is 4. The summed E-state index contributed by atoms with van der Waals surface area (Å²) in [5, 5.41) is 2.69. The summed E-state index contributed by atoms with van der Waals surface area (Å²) in [4.78, 5) is 17.0. The van der Waals surface area contributed by atoms with Gasteiger partial charge in [-0.3, -0.25) is 9.10 Å². The van der Waals surface area contributed by atoms with Gasteiger partial charge in [0.2, 0.25) is 15.9 Å². The second-order valence-electron chi connectivity index (χ2n) is 8.15. The fraction of sp³-hybridized carbons (Fsp3) is 0.364. The summed E-state index contributed by atoms with van der Waals surface area (Å²) < 4.78 is 55.8. The number of fused-ring (bicyclic) bond motifs is 2. The summed E-state index contributed by atoms with van der Waals surface area (Å²) in [6.45, 7) is 3.94. The molecule has 1 aliphatic rings. The number of rotatable bonds is 7. The molecule has 2 aromatic carbocycles. The SMILES string of the molecule is CC(C)C(C(=O)NCCS(=O)(=O)N1CCc2ccccc21)n1cnc2cc(F)c(F)cc21. The third-order valence-corrected chi connectivity index (χ3v) is 7.43. The average molecular weight is 463 g/mol. The lowest BCUT2D eigenvalue weighted by Crippen LogP contribution is -2.40. The van der Waals surface area contributed by atoms with Crippen LogP contribution in [0.3, 0.4) is 0 Å². The van der Waals surface area contributed by atoms with Gasteiger partial charge >= 0.3 is 0 Å². The fourth-order valence-corrected chi connectivity index (χ4v) is 5.54. The Morgan fingerprint density at radius 3 is 2.66 bits per heavy atom. The number of amides is 1. The summed E-state index contributed by atoms with van der Waals surface area (Å²) in [6, 6.07) is 8.59. The van der Waals surface area contributed by atoms with Gasteiger partial charge in [0.25, 0.3) is 0 Å². The van der Waals surface area contributed by atoms with Crippen molar-refractivity contribution in [1.82, 2.24) is 14.9 Å². The van der Waals surface area contributed by atoms with Crippen LogP contribution in [-0.2, 0) is 21.2 Å². The van der Waals surface area contributed by atoms with Crippen molar-refractivity contribution in [3.63, 3.8) is 0 Å². The number of carbonyl (C=O) groups is 1. The zero-order valence-corrected chi connectivity index (χ0v) is 18.6. The van der Waals surface area contributed by atoms with Crippen molar-refractivity contribution in [2.24, 2.45) is 5.92 Å². The molecule has 0 bridgehead atoms. The number of anilines is 1. The number of carbonyl (C=O) groups excluding carboxylic acids is 1. The molecule has 170 valence electrons. The highest BCUT2D eigenvalue weighted by molar-refractivity contribution is 7.92. The van der Waals surface area contributed by atoms with Crippen LogP contribution in [0, 0.1) is 17.6 Å². The van der Waals surface area contributed by atoms with Gasteiger partial charge in [0.05, 0.1) is 28.8 Å². The summed E-state index contributed by atoms with van der Waals surface area (Å²) in [5.74, 6) is -2.91. The van der Waals surface area contributed by atoms with Crippen LogP contribution >= 0.6 is 0 Å². The molecule has 4 rings (SSSR count). The molecule has 0 spiro atoms. The van der Waals surface area contributed by atoms with Crippen molar-refractivity contribution < 1.29 is 22.0 Å². The van der Waals surface area contributed by atoms with Crippen molar-refractivity contribution in [1.29, 1.82) is 0 Å². The van der Waals surface area contributed by atoms with E-state index in [-0.39, 0.29) is 23.7 Å². The predicted octanol–water partition coefficient (Wildman–Crippen LogP) is 3.02. The standard InChI is InChI=1S/C22H24F2N4O3S/c1-14(2)21(27-13-26-18-11-16(23)17(24)12-20(18)27)22(29)25-8-10-32(30,31)28-9-7-15-5-3-4-6-19(15)28/h3-6,11-14,21H,7-10H2,1-2H3,(H,25,29). The van der Waals surface area contributed by atoms with Gasteiger partial charge in [0.15, 0.2) is 11.6 Å². The first-order valence-electron chi connectivity index (χ1n) is 10.4. The maximum Gasteiger partial charge on any atom is 0.243 e. The summed E-state index contributed by atoms with van der Waals surface area (Å²) in [5.41, 5.74) is 2.19. The van der Waals surface area contributed by atoms with Crippen molar-refractivity contribution >= 4 is 32.7 Å². The highest BCUT2D eigenvalue weighted by atomic mass is 32.2. The normalized spacial score (nSPS) is 14.7. The minimum Gasteiger partial charge on any atom is -0.353 e. The van der Waals surface area contributed by atoms with Crippen molar-refractivity contribution in [3.8, 4) is 0 Å². The molecular formula is C22H24F2N4O3S. The van der Waals surface area contributed by atoms with Gasteiger partial charge in [-0.25, -0.2) is 22.2 Å². The highest BCUT2D eigenvalue weighted by Gasteiger charge is 2.30. The lowest BCUT2D eigenvalue weighted by molar-refractivity contribution is -0.125. The van der Waals surface area contributed by atoms with Crippen LogP contribution in [0.25, 0.3) is 11.0 Å². The van der Waals surface area contributed by atoms with Crippen LogP contribution in [0.1, 0.15) is 25.5 Å². The number of nitrogens with one attached hydrogen (secondary N) is 1. The first-order chi connectivity index (χ1) is 15.2. The second kappa shape index (κ2) is 8.50. The van der Waals surface area contributed by atoms with E-state index in [9.17, 15) is 22.0 Å². The predicted molar refractivity (Wildman–Crippen MR) is 118 cm³/mol. The summed E-state index contributed by atoms with van der Waals surface area (Å²) in [6.07, 6.45) is 2.02. The molecule has 10 heteroatoms. The van der Waals surface area contributed by atoms with E-state index in [4.69, 9.17) is 0 Å². The quantitative estimate of drug-likeness (QED) is 0.585. The van der Waals surface area contributed by atoms with Crippen molar-refractivity contribution in [2.75, 3.05) is 23.1 Å². The highest BCUT2D eigenvalue weighted by Crippen LogP contribution is 2.30. The van der Waals surface area contributed by atoms with Gasteiger partial charge in [-0.1, -0.05) is 32.0 Å². The molecule has 0 fully saturated rings. The third kappa shape index (κ3) is 4.06. The zero-order valence-electron chi connectivity index (χ0n) is 17.8. The smallest absolute Gasteiger partial charge is 0.243 e. The number of para-hydroxylation sites is 1. The molecule has 7 nitrogen and oxygen atoms in total. The molecule has 1 amide bonds. The minimum atomic E-state index is -3.61. The average Bonchev–Trinajstić information content (AvgIpc) is 3.33. The largest absolute Gasteiger partial charge is 0.353 e. The number of imidazole rings is 1. The van der Waals surface area contributed by atoms with Gasteiger partial charge in [-0.05, 0) is 24.0 Å². The summed E-state index contributed by atoms with van der Waals surface area (Å²) >= 11 is 0. The van der Waals surface area contributed by atoms with E-state index >= 15 is 0 Å². The van der Waals surface area contributed by atoms with Gasteiger partial charge in [0.1, 0.15) is 6.04 Å². The molecule has 0 aliphatic carbocycles. The van der Waals surface area contributed by atoms with E-state index < -0.39 is 33.6 Å².